The van der Waals surface area contributed by atoms with E-state index in [0.717, 1.165) is 25.1 Å². The van der Waals surface area contributed by atoms with Crippen LogP contribution in [0.25, 0.3) is 0 Å². The van der Waals surface area contributed by atoms with Crippen LogP contribution >= 0.6 is 0 Å². The minimum absolute atomic E-state index is 0.211. The second-order valence-electron chi connectivity index (χ2n) is 6.35. The number of rotatable bonds is 5. The highest BCUT2D eigenvalue weighted by Gasteiger charge is 2.14. The molecule has 22 heavy (non-hydrogen) atoms. The van der Waals surface area contributed by atoms with Crippen molar-refractivity contribution in [3.05, 3.63) is 23.8 Å². The first kappa shape index (κ1) is 16.6. The van der Waals surface area contributed by atoms with Crippen molar-refractivity contribution in [2.24, 2.45) is 5.92 Å². The van der Waals surface area contributed by atoms with E-state index in [1.807, 2.05) is 26.0 Å². The molecule has 0 aromatic heterocycles. The maximum absolute atomic E-state index is 11.9. The van der Waals surface area contributed by atoms with Crippen LogP contribution in [-0.4, -0.2) is 37.4 Å². The summed E-state index contributed by atoms with van der Waals surface area (Å²) in [4.78, 5) is 14.1. The molecule has 2 rings (SSSR count). The van der Waals surface area contributed by atoms with Crippen LogP contribution in [0.2, 0.25) is 0 Å². The summed E-state index contributed by atoms with van der Waals surface area (Å²) in [6.45, 7) is 5.49. The van der Waals surface area contributed by atoms with Crippen molar-refractivity contribution in [1.82, 2.24) is 5.32 Å². The molecule has 1 aromatic rings. The fourth-order valence-corrected chi connectivity index (χ4v) is 2.71. The minimum Gasteiger partial charge on any atom is -0.393 e. The maximum atomic E-state index is 11.9. The Morgan fingerprint density at radius 1 is 1.41 bits per heavy atom. The Morgan fingerprint density at radius 3 is 2.91 bits per heavy atom. The molecule has 1 aliphatic rings. The number of fused-ring (bicyclic) bond motifs is 1. The van der Waals surface area contributed by atoms with E-state index < -0.39 is 0 Å². The molecule has 0 aliphatic carbocycles. The van der Waals surface area contributed by atoms with Crippen LogP contribution < -0.4 is 15.5 Å². The zero-order chi connectivity index (χ0) is 16.1. The van der Waals surface area contributed by atoms with Crippen LogP contribution in [0.5, 0.6) is 0 Å². The number of carbonyl (C=O) groups is 1. The zero-order valence-electron chi connectivity index (χ0n) is 13.7. The van der Waals surface area contributed by atoms with Gasteiger partial charge in [0, 0.05) is 31.5 Å². The lowest BCUT2D eigenvalue weighted by Crippen LogP contribution is -2.32. The van der Waals surface area contributed by atoms with Gasteiger partial charge in [-0.05, 0) is 48.9 Å². The van der Waals surface area contributed by atoms with Crippen molar-refractivity contribution in [2.45, 2.75) is 39.2 Å². The molecule has 5 heteroatoms. The summed E-state index contributed by atoms with van der Waals surface area (Å²) < 4.78 is 0. The fourth-order valence-electron chi connectivity index (χ4n) is 2.71. The quantitative estimate of drug-likeness (QED) is 0.783. The zero-order valence-corrected chi connectivity index (χ0v) is 13.7. The first-order valence-corrected chi connectivity index (χ1v) is 8.04. The molecule has 1 aliphatic heterocycles. The van der Waals surface area contributed by atoms with Crippen molar-refractivity contribution in [3.63, 3.8) is 0 Å². The van der Waals surface area contributed by atoms with Gasteiger partial charge in [0.25, 0.3) is 0 Å². The Balaban J connectivity index is 1.84. The first-order chi connectivity index (χ1) is 10.5. The highest BCUT2D eigenvalue weighted by atomic mass is 16.3. The van der Waals surface area contributed by atoms with Gasteiger partial charge in [0.1, 0.15) is 0 Å². The van der Waals surface area contributed by atoms with Gasteiger partial charge in [0.05, 0.1) is 6.10 Å². The lowest BCUT2D eigenvalue weighted by atomic mass is 10.0. The van der Waals surface area contributed by atoms with Gasteiger partial charge in [0.2, 0.25) is 0 Å². The van der Waals surface area contributed by atoms with Crippen molar-refractivity contribution in [3.8, 4) is 0 Å². The maximum Gasteiger partial charge on any atom is 0.319 e. The lowest BCUT2D eigenvalue weighted by molar-refractivity contribution is 0.117. The van der Waals surface area contributed by atoms with Crippen molar-refractivity contribution >= 4 is 17.4 Å². The molecule has 2 amide bonds. The lowest BCUT2D eigenvalue weighted by Gasteiger charge is -2.27. The number of anilines is 2. The number of aliphatic hydroxyl groups is 1. The number of hydrogen-bond acceptors (Lipinski definition) is 3. The summed E-state index contributed by atoms with van der Waals surface area (Å²) in [5.41, 5.74) is 3.34. The number of nitrogens with one attached hydrogen (secondary N) is 2. The fraction of sp³-hybridized carbons (Fsp3) is 0.588. The smallest absolute Gasteiger partial charge is 0.319 e. The molecular formula is C17H27N3O2. The van der Waals surface area contributed by atoms with Crippen molar-refractivity contribution in [1.29, 1.82) is 0 Å². The SMILES string of the molecule is CC(C)C(O)CCNC(=O)Nc1ccc2c(c1)CCCN2C. The molecule has 0 spiro atoms. The van der Waals surface area contributed by atoms with Gasteiger partial charge < -0.3 is 20.6 Å². The number of amides is 2. The molecule has 0 saturated heterocycles. The molecule has 0 bridgehead atoms. The van der Waals surface area contributed by atoms with Gasteiger partial charge in [-0.1, -0.05) is 13.8 Å². The molecular weight excluding hydrogens is 278 g/mol. The van der Waals surface area contributed by atoms with Gasteiger partial charge in [0.15, 0.2) is 0 Å². The molecule has 1 atom stereocenters. The van der Waals surface area contributed by atoms with E-state index in [4.69, 9.17) is 0 Å². The Labute approximate surface area is 132 Å². The average molecular weight is 305 g/mol. The highest BCUT2D eigenvalue weighted by Crippen LogP contribution is 2.28. The van der Waals surface area contributed by atoms with Gasteiger partial charge in [-0.2, -0.15) is 0 Å². The molecule has 0 radical (unpaired) electrons. The summed E-state index contributed by atoms with van der Waals surface area (Å²) >= 11 is 0. The molecule has 5 nitrogen and oxygen atoms in total. The number of carbonyl (C=O) groups excluding carboxylic acids is 1. The van der Waals surface area contributed by atoms with Gasteiger partial charge in [-0.15, -0.1) is 0 Å². The number of benzene rings is 1. The van der Waals surface area contributed by atoms with E-state index >= 15 is 0 Å². The van der Waals surface area contributed by atoms with Gasteiger partial charge in [-0.3, -0.25) is 0 Å². The number of urea groups is 1. The van der Waals surface area contributed by atoms with Gasteiger partial charge >= 0.3 is 6.03 Å². The third-order valence-electron chi connectivity index (χ3n) is 4.18. The van der Waals surface area contributed by atoms with Crippen LogP contribution in [-0.2, 0) is 6.42 Å². The second kappa shape index (κ2) is 7.49. The summed E-state index contributed by atoms with van der Waals surface area (Å²) in [6, 6.07) is 5.82. The number of hydrogen-bond donors (Lipinski definition) is 3. The van der Waals surface area contributed by atoms with Crippen LogP contribution in [0.1, 0.15) is 32.3 Å². The van der Waals surface area contributed by atoms with E-state index in [9.17, 15) is 9.90 Å². The largest absolute Gasteiger partial charge is 0.393 e. The average Bonchev–Trinajstić information content (AvgIpc) is 2.47. The molecule has 1 heterocycles. The van der Waals surface area contributed by atoms with Gasteiger partial charge in [-0.25, -0.2) is 4.79 Å². The third-order valence-corrected chi connectivity index (χ3v) is 4.18. The second-order valence-corrected chi connectivity index (χ2v) is 6.35. The molecule has 122 valence electrons. The van der Waals surface area contributed by atoms with E-state index in [-0.39, 0.29) is 18.1 Å². The Kier molecular flexibility index (Phi) is 5.66. The number of aryl methyl sites for hydroxylation is 1. The predicted molar refractivity (Wildman–Crippen MR) is 90.5 cm³/mol. The van der Waals surface area contributed by atoms with E-state index in [1.165, 1.54) is 11.3 Å². The summed E-state index contributed by atoms with van der Waals surface area (Å²) in [5.74, 6) is 0.211. The molecule has 1 aromatic carbocycles. The summed E-state index contributed by atoms with van der Waals surface area (Å²) in [7, 11) is 2.10. The number of nitrogens with zero attached hydrogens (tertiary/aromatic N) is 1. The summed E-state index contributed by atoms with van der Waals surface area (Å²) in [6.07, 6.45) is 2.39. The molecule has 0 fully saturated rings. The molecule has 1 unspecified atom stereocenters. The van der Waals surface area contributed by atoms with Crippen LogP contribution in [0, 0.1) is 5.92 Å². The minimum atomic E-state index is -0.375. The molecule has 0 saturated carbocycles. The predicted octanol–water partition coefficient (Wildman–Crippen LogP) is 2.60. The van der Waals surface area contributed by atoms with Crippen molar-refractivity contribution < 1.29 is 9.90 Å². The summed E-state index contributed by atoms with van der Waals surface area (Å²) in [5, 5.41) is 15.4. The first-order valence-electron chi connectivity index (χ1n) is 8.04. The monoisotopic (exact) mass is 305 g/mol. The van der Waals surface area contributed by atoms with Crippen LogP contribution in [0.4, 0.5) is 16.2 Å². The Bertz CT molecular complexity index is 517. The topological polar surface area (TPSA) is 64.6 Å². The number of aliphatic hydroxyl groups excluding tert-OH is 1. The van der Waals surface area contributed by atoms with E-state index in [2.05, 4.69) is 28.6 Å². The van der Waals surface area contributed by atoms with Crippen LogP contribution in [0.15, 0.2) is 18.2 Å². The van der Waals surface area contributed by atoms with Crippen molar-refractivity contribution in [2.75, 3.05) is 30.4 Å². The normalized spacial score (nSPS) is 15.4. The Hall–Kier alpha value is -1.75. The highest BCUT2D eigenvalue weighted by molar-refractivity contribution is 5.89. The van der Waals surface area contributed by atoms with E-state index in [0.29, 0.717) is 13.0 Å². The Morgan fingerprint density at radius 2 is 2.18 bits per heavy atom. The standard InChI is InChI=1S/C17H27N3O2/c1-12(2)16(21)8-9-18-17(22)19-14-6-7-15-13(11-14)5-4-10-20(15)3/h6-7,11-12,16,21H,4-5,8-10H2,1-3H3,(H2,18,19,22). The van der Waals surface area contributed by atoms with Crippen LogP contribution in [0.3, 0.4) is 0 Å². The third kappa shape index (κ3) is 4.37. The van der Waals surface area contributed by atoms with E-state index in [1.54, 1.807) is 0 Å². The molecule has 3 N–H and O–H groups in total.